The van der Waals surface area contributed by atoms with Crippen LogP contribution in [0.2, 0.25) is 5.02 Å². The fourth-order valence-corrected chi connectivity index (χ4v) is 1.67. The van der Waals surface area contributed by atoms with Crippen molar-refractivity contribution in [1.29, 1.82) is 0 Å². The van der Waals surface area contributed by atoms with Crippen LogP contribution in [-0.2, 0) is 4.79 Å². The van der Waals surface area contributed by atoms with Gasteiger partial charge in [0.25, 0.3) is 0 Å². The van der Waals surface area contributed by atoms with Crippen LogP contribution in [0, 0.1) is 5.92 Å². The molecule has 1 aromatic rings. The molecule has 0 aliphatic carbocycles. The maximum Gasteiger partial charge on any atom is 0.228 e. The van der Waals surface area contributed by atoms with Crippen LogP contribution in [0.25, 0.3) is 0 Å². The zero-order valence-electron chi connectivity index (χ0n) is 10.4. The second-order valence-corrected chi connectivity index (χ2v) is 7.09. The predicted octanol–water partition coefficient (Wildman–Crippen LogP) is 4.22. The highest BCUT2D eigenvalue weighted by molar-refractivity contribution is 6.68. The lowest BCUT2D eigenvalue weighted by atomic mass is 10.2. The molecule has 0 heterocycles. The molecule has 1 rings (SSSR count). The van der Waals surface area contributed by atoms with Gasteiger partial charge in [-0.2, -0.15) is 0 Å². The van der Waals surface area contributed by atoms with E-state index in [4.69, 9.17) is 46.4 Å². The van der Waals surface area contributed by atoms with Gasteiger partial charge in [0.15, 0.2) is 0 Å². The third-order valence-corrected chi connectivity index (χ3v) is 3.20. The van der Waals surface area contributed by atoms with Crippen LogP contribution in [0.1, 0.15) is 13.8 Å². The van der Waals surface area contributed by atoms with Gasteiger partial charge in [-0.1, -0.05) is 60.3 Å². The number of anilines is 1. The molecule has 2 N–H and O–H groups in total. The second kappa shape index (κ2) is 6.89. The van der Waals surface area contributed by atoms with Gasteiger partial charge in [-0.05, 0) is 24.3 Å². The summed E-state index contributed by atoms with van der Waals surface area (Å²) in [6.07, 6.45) is -0.839. The number of carbonyl (C=O) groups is 1. The van der Waals surface area contributed by atoms with Crippen molar-refractivity contribution in [3.05, 3.63) is 29.3 Å². The quantitative estimate of drug-likeness (QED) is 0.634. The van der Waals surface area contributed by atoms with Crippen molar-refractivity contribution in [3.8, 4) is 0 Å². The highest BCUT2D eigenvalue weighted by Gasteiger charge is 2.34. The van der Waals surface area contributed by atoms with E-state index >= 15 is 0 Å². The van der Waals surface area contributed by atoms with Gasteiger partial charge in [-0.15, -0.1) is 0 Å². The lowest BCUT2D eigenvalue weighted by molar-refractivity contribution is -0.124. The fourth-order valence-electron chi connectivity index (χ4n) is 1.22. The van der Waals surface area contributed by atoms with Gasteiger partial charge in [0.05, 0.1) is 0 Å². The minimum Gasteiger partial charge on any atom is -0.362 e. The van der Waals surface area contributed by atoms with Crippen LogP contribution < -0.4 is 10.6 Å². The molecule has 0 aliphatic heterocycles. The van der Waals surface area contributed by atoms with E-state index in [1.54, 1.807) is 38.1 Å². The first-order valence-electron chi connectivity index (χ1n) is 5.59. The van der Waals surface area contributed by atoms with E-state index in [0.29, 0.717) is 10.7 Å². The largest absolute Gasteiger partial charge is 0.362 e. The molecule has 3 nitrogen and oxygen atoms in total. The van der Waals surface area contributed by atoms with E-state index < -0.39 is 9.96 Å². The number of hydrogen-bond acceptors (Lipinski definition) is 2. The molecule has 0 saturated heterocycles. The van der Waals surface area contributed by atoms with Crippen LogP contribution in [0.4, 0.5) is 5.69 Å². The molecule has 19 heavy (non-hydrogen) atoms. The third-order valence-electron chi connectivity index (χ3n) is 2.29. The molecule has 0 bridgehead atoms. The number of halogens is 4. The van der Waals surface area contributed by atoms with E-state index in [0.717, 1.165) is 0 Å². The Labute approximate surface area is 132 Å². The number of nitrogens with one attached hydrogen (secondary N) is 2. The Morgan fingerprint density at radius 2 is 1.68 bits per heavy atom. The number of hydrogen-bond donors (Lipinski definition) is 2. The van der Waals surface area contributed by atoms with Gasteiger partial charge in [-0.3, -0.25) is 4.79 Å². The van der Waals surface area contributed by atoms with Crippen molar-refractivity contribution in [3.63, 3.8) is 0 Å². The first-order chi connectivity index (χ1) is 8.70. The van der Waals surface area contributed by atoms with Crippen LogP contribution in [0.5, 0.6) is 0 Å². The maximum atomic E-state index is 11.7. The summed E-state index contributed by atoms with van der Waals surface area (Å²) >= 11 is 23.4. The molecule has 106 valence electrons. The smallest absolute Gasteiger partial charge is 0.228 e. The molecular weight excluding hydrogens is 330 g/mol. The molecule has 1 amide bonds. The van der Waals surface area contributed by atoms with Crippen molar-refractivity contribution >= 4 is 58.0 Å². The van der Waals surface area contributed by atoms with Crippen molar-refractivity contribution in [1.82, 2.24) is 5.32 Å². The Morgan fingerprint density at radius 1 is 1.16 bits per heavy atom. The monoisotopic (exact) mass is 342 g/mol. The molecular formula is C12H14Cl4N2O. The van der Waals surface area contributed by atoms with Crippen LogP contribution in [0.3, 0.4) is 0 Å². The molecule has 0 aliphatic rings. The van der Waals surface area contributed by atoms with E-state index in [-0.39, 0.29) is 11.8 Å². The van der Waals surface area contributed by atoms with Gasteiger partial charge in [0.2, 0.25) is 9.70 Å². The van der Waals surface area contributed by atoms with Crippen molar-refractivity contribution in [2.45, 2.75) is 23.8 Å². The number of benzene rings is 1. The Morgan fingerprint density at radius 3 is 2.11 bits per heavy atom. The zero-order chi connectivity index (χ0) is 14.6. The number of alkyl halides is 3. The van der Waals surface area contributed by atoms with Crippen molar-refractivity contribution < 1.29 is 4.79 Å². The number of carbonyl (C=O) groups excluding carboxylic acids is 1. The topological polar surface area (TPSA) is 41.1 Å². The molecule has 0 fully saturated rings. The van der Waals surface area contributed by atoms with Crippen LogP contribution >= 0.6 is 46.4 Å². The predicted molar refractivity (Wildman–Crippen MR) is 82.1 cm³/mol. The summed E-state index contributed by atoms with van der Waals surface area (Å²) in [4.78, 5) is 11.7. The summed E-state index contributed by atoms with van der Waals surface area (Å²) < 4.78 is -1.68. The summed E-state index contributed by atoms with van der Waals surface area (Å²) in [6.45, 7) is 3.51. The van der Waals surface area contributed by atoms with Gasteiger partial charge in [0, 0.05) is 16.6 Å². The normalized spacial score (nSPS) is 13.2. The lowest BCUT2D eigenvalue weighted by Gasteiger charge is -2.28. The summed E-state index contributed by atoms with van der Waals surface area (Å²) in [5.74, 6) is -0.417. The van der Waals surface area contributed by atoms with Gasteiger partial charge < -0.3 is 10.6 Å². The lowest BCUT2D eigenvalue weighted by Crippen LogP contribution is -2.50. The zero-order valence-corrected chi connectivity index (χ0v) is 13.4. The Bertz CT molecular complexity index is 428. The Kier molecular flexibility index (Phi) is 6.06. The van der Waals surface area contributed by atoms with E-state index in [9.17, 15) is 4.79 Å². The highest BCUT2D eigenvalue weighted by Crippen LogP contribution is 2.31. The molecule has 7 heteroatoms. The molecule has 0 radical (unpaired) electrons. The minimum atomic E-state index is -1.68. The fraction of sp³-hybridized carbons (Fsp3) is 0.417. The van der Waals surface area contributed by atoms with E-state index in [1.165, 1.54) is 0 Å². The molecule has 1 unspecified atom stereocenters. The second-order valence-electron chi connectivity index (χ2n) is 4.29. The molecule has 0 saturated carbocycles. The summed E-state index contributed by atoms with van der Waals surface area (Å²) in [5, 5.41) is 6.19. The molecule has 1 atom stereocenters. The van der Waals surface area contributed by atoms with Gasteiger partial charge in [0.1, 0.15) is 6.17 Å². The first kappa shape index (κ1) is 16.7. The number of amides is 1. The van der Waals surface area contributed by atoms with Gasteiger partial charge >= 0.3 is 0 Å². The minimum absolute atomic E-state index is 0.207. The van der Waals surface area contributed by atoms with Crippen molar-refractivity contribution in [2.75, 3.05) is 5.32 Å². The third kappa shape index (κ3) is 5.65. The Hall–Kier alpha value is -0.350. The molecule has 1 aromatic carbocycles. The Balaban J connectivity index is 2.81. The standard InChI is InChI=1S/C12H14Cl4N2O/c1-7(2)10(19)18-11(12(14,15)16)17-9-5-3-8(13)4-6-9/h3-7,11,17H,1-2H3,(H,18,19). The number of rotatable bonds is 4. The van der Waals surface area contributed by atoms with Crippen molar-refractivity contribution in [2.24, 2.45) is 5.92 Å². The molecule has 0 aromatic heterocycles. The summed E-state index contributed by atoms with van der Waals surface area (Å²) in [5.41, 5.74) is 0.685. The summed E-state index contributed by atoms with van der Waals surface area (Å²) in [7, 11) is 0. The SMILES string of the molecule is CC(C)C(=O)NC(Nc1ccc(Cl)cc1)C(Cl)(Cl)Cl. The highest BCUT2D eigenvalue weighted by atomic mass is 35.6. The van der Waals surface area contributed by atoms with Gasteiger partial charge in [-0.25, -0.2) is 0 Å². The summed E-state index contributed by atoms with van der Waals surface area (Å²) in [6, 6.07) is 6.85. The first-order valence-corrected chi connectivity index (χ1v) is 7.10. The average Bonchev–Trinajstić information content (AvgIpc) is 2.29. The van der Waals surface area contributed by atoms with E-state index in [2.05, 4.69) is 10.6 Å². The average molecular weight is 344 g/mol. The van der Waals surface area contributed by atoms with Crippen LogP contribution in [0.15, 0.2) is 24.3 Å². The maximum absolute atomic E-state index is 11.7. The van der Waals surface area contributed by atoms with E-state index in [1.807, 2.05) is 0 Å². The molecule has 0 spiro atoms. The van der Waals surface area contributed by atoms with Crippen LogP contribution in [-0.4, -0.2) is 15.9 Å².